The molecule has 0 spiro atoms. The lowest BCUT2D eigenvalue weighted by Gasteiger charge is -2.16. The van der Waals surface area contributed by atoms with Crippen molar-refractivity contribution in [1.82, 2.24) is 5.32 Å². The fourth-order valence-corrected chi connectivity index (χ4v) is 2.11. The second-order valence-electron chi connectivity index (χ2n) is 3.53. The Morgan fingerprint density at radius 2 is 2.25 bits per heavy atom. The largest absolute Gasteiger partial charge is 0.360 e. The molecule has 0 aliphatic heterocycles. The van der Waals surface area contributed by atoms with E-state index in [0.29, 0.717) is 16.2 Å². The van der Waals surface area contributed by atoms with Gasteiger partial charge < -0.3 is 10.6 Å². The van der Waals surface area contributed by atoms with E-state index in [1.165, 1.54) is 0 Å². The average Bonchev–Trinajstić information content (AvgIpc) is 2.22. The Bertz CT molecular complexity index is 384. The summed E-state index contributed by atoms with van der Waals surface area (Å²) in [5.74, 6) is 0. The predicted octanol–water partition coefficient (Wildman–Crippen LogP) is 4.19. The van der Waals surface area contributed by atoms with E-state index in [9.17, 15) is 0 Å². The maximum absolute atomic E-state index is 6.06. The highest BCUT2D eigenvalue weighted by Gasteiger charge is 2.05. The van der Waals surface area contributed by atoms with E-state index in [1.807, 2.05) is 18.2 Å². The van der Waals surface area contributed by atoms with Crippen LogP contribution in [0.1, 0.15) is 20.3 Å². The lowest BCUT2D eigenvalue weighted by molar-refractivity contribution is 0.646. The second-order valence-corrected chi connectivity index (χ2v) is 5.26. The van der Waals surface area contributed by atoms with Crippen molar-refractivity contribution in [2.24, 2.45) is 0 Å². The lowest BCUT2D eigenvalue weighted by Crippen LogP contribution is -2.35. The van der Waals surface area contributed by atoms with Crippen LogP contribution in [0.15, 0.2) is 22.7 Å². The molecule has 0 aliphatic carbocycles. The summed E-state index contributed by atoms with van der Waals surface area (Å²) in [5, 5.41) is 7.48. The van der Waals surface area contributed by atoms with Gasteiger partial charge in [-0.25, -0.2) is 0 Å². The molecule has 0 heterocycles. The van der Waals surface area contributed by atoms with Gasteiger partial charge in [0.1, 0.15) is 0 Å². The van der Waals surface area contributed by atoms with E-state index in [0.717, 1.165) is 16.6 Å². The topological polar surface area (TPSA) is 24.1 Å². The van der Waals surface area contributed by atoms with Gasteiger partial charge in [0.15, 0.2) is 5.11 Å². The zero-order valence-corrected chi connectivity index (χ0v) is 12.3. The molecule has 88 valence electrons. The van der Waals surface area contributed by atoms with Gasteiger partial charge >= 0.3 is 0 Å². The van der Waals surface area contributed by atoms with E-state index in [1.54, 1.807) is 0 Å². The fraction of sp³-hybridized carbons (Fsp3) is 0.364. The van der Waals surface area contributed by atoms with Crippen molar-refractivity contribution in [3.05, 3.63) is 27.7 Å². The summed E-state index contributed by atoms with van der Waals surface area (Å²) >= 11 is 14.6. The highest BCUT2D eigenvalue weighted by atomic mass is 79.9. The first-order chi connectivity index (χ1) is 7.52. The Kier molecular flexibility index (Phi) is 5.52. The first-order valence-electron chi connectivity index (χ1n) is 5.05. The molecule has 1 aromatic carbocycles. The molecule has 0 bridgehead atoms. The maximum atomic E-state index is 6.06. The molecule has 1 unspecified atom stereocenters. The molecule has 16 heavy (non-hydrogen) atoms. The van der Waals surface area contributed by atoms with Crippen molar-refractivity contribution in [2.45, 2.75) is 26.3 Å². The maximum Gasteiger partial charge on any atom is 0.171 e. The zero-order chi connectivity index (χ0) is 12.1. The number of thiocarbonyl (C=S) groups is 1. The van der Waals surface area contributed by atoms with Crippen molar-refractivity contribution in [3.63, 3.8) is 0 Å². The predicted molar refractivity (Wildman–Crippen MR) is 78.3 cm³/mol. The van der Waals surface area contributed by atoms with E-state index in [4.69, 9.17) is 23.8 Å². The van der Waals surface area contributed by atoms with Crippen LogP contribution in [0, 0.1) is 0 Å². The summed E-state index contributed by atoms with van der Waals surface area (Å²) in [6.07, 6.45) is 1.02. The number of hydrogen-bond donors (Lipinski definition) is 2. The van der Waals surface area contributed by atoms with E-state index < -0.39 is 0 Å². The summed E-state index contributed by atoms with van der Waals surface area (Å²) in [7, 11) is 0. The molecule has 2 nitrogen and oxygen atoms in total. The third-order valence-corrected chi connectivity index (χ3v) is 3.20. The van der Waals surface area contributed by atoms with Crippen molar-refractivity contribution in [1.29, 1.82) is 0 Å². The molecule has 0 radical (unpaired) electrons. The Morgan fingerprint density at radius 1 is 1.56 bits per heavy atom. The van der Waals surface area contributed by atoms with E-state index in [-0.39, 0.29) is 0 Å². The van der Waals surface area contributed by atoms with Crippen molar-refractivity contribution in [3.8, 4) is 0 Å². The Morgan fingerprint density at radius 3 is 2.81 bits per heavy atom. The Hall–Kier alpha value is -0.320. The van der Waals surface area contributed by atoms with E-state index >= 15 is 0 Å². The third kappa shape index (κ3) is 4.28. The van der Waals surface area contributed by atoms with Crippen LogP contribution in [0.5, 0.6) is 0 Å². The van der Waals surface area contributed by atoms with Gasteiger partial charge in [-0.2, -0.15) is 0 Å². The molecule has 0 saturated carbocycles. The summed E-state index contributed by atoms with van der Waals surface area (Å²) in [5.41, 5.74) is 0.811. The molecule has 0 saturated heterocycles. The highest BCUT2D eigenvalue weighted by molar-refractivity contribution is 9.10. The summed E-state index contributed by atoms with van der Waals surface area (Å²) in [6, 6.07) is 5.99. The monoisotopic (exact) mass is 320 g/mol. The number of benzene rings is 1. The first-order valence-corrected chi connectivity index (χ1v) is 6.63. The number of anilines is 1. The molecule has 0 aromatic heterocycles. The van der Waals surface area contributed by atoms with Gasteiger partial charge in [-0.05, 0) is 43.8 Å². The molecule has 1 aromatic rings. The van der Waals surface area contributed by atoms with Crippen molar-refractivity contribution < 1.29 is 0 Å². The standard InChI is InChI=1S/C11H14BrClN2S/c1-3-7(2)14-11(16)15-10-5-4-8(12)6-9(10)13/h4-7H,3H2,1-2H3,(H2,14,15,16). The molecular weight excluding hydrogens is 308 g/mol. The summed E-state index contributed by atoms with van der Waals surface area (Å²) < 4.78 is 0.948. The van der Waals surface area contributed by atoms with Crippen LogP contribution < -0.4 is 10.6 Å². The molecular formula is C11H14BrClN2S. The summed E-state index contributed by atoms with van der Waals surface area (Å²) in [4.78, 5) is 0. The van der Waals surface area contributed by atoms with Crippen LogP contribution in [0.2, 0.25) is 5.02 Å². The Balaban J connectivity index is 2.63. The lowest BCUT2D eigenvalue weighted by atomic mass is 10.3. The Labute approximate surface area is 115 Å². The minimum absolute atomic E-state index is 0.356. The molecule has 5 heteroatoms. The molecule has 2 N–H and O–H groups in total. The summed E-state index contributed by atoms with van der Waals surface area (Å²) in [6.45, 7) is 4.18. The van der Waals surface area contributed by atoms with Crippen LogP contribution in [0.3, 0.4) is 0 Å². The minimum Gasteiger partial charge on any atom is -0.360 e. The fourth-order valence-electron chi connectivity index (χ4n) is 1.08. The number of hydrogen-bond acceptors (Lipinski definition) is 1. The zero-order valence-electron chi connectivity index (χ0n) is 9.18. The highest BCUT2D eigenvalue weighted by Crippen LogP contribution is 2.25. The van der Waals surface area contributed by atoms with Gasteiger partial charge in [-0.3, -0.25) is 0 Å². The van der Waals surface area contributed by atoms with Gasteiger partial charge in [-0.1, -0.05) is 34.5 Å². The van der Waals surface area contributed by atoms with Gasteiger partial charge in [0.05, 0.1) is 10.7 Å². The van der Waals surface area contributed by atoms with Crippen LogP contribution in [0.25, 0.3) is 0 Å². The van der Waals surface area contributed by atoms with Crippen molar-refractivity contribution >= 4 is 50.5 Å². The van der Waals surface area contributed by atoms with E-state index in [2.05, 4.69) is 40.4 Å². The molecule has 0 fully saturated rings. The average molecular weight is 322 g/mol. The van der Waals surface area contributed by atoms with Gasteiger partial charge in [0.25, 0.3) is 0 Å². The van der Waals surface area contributed by atoms with Crippen molar-refractivity contribution in [2.75, 3.05) is 5.32 Å². The van der Waals surface area contributed by atoms with Gasteiger partial charge in [0, 0.05) is 10.5 Å². The van der Waals surface area contributed by atoms with Crippen LogP contribution >= 0.6 is 39.7 Å². The molecule has 1 rings (SSSR count). The van der Waals surface area contributed by atoms with Crippen LogP contribution in [-0.4, -0.2) is 11.2 Å². The van der Waals surface area contributed by atoms with Crippen LogP contribution in [0.4, 0.5) is 5.69 Å². The number of rotatable bonds is 3. The molecule has 0 amide bonds. The number of halogens is 2. The first kappa shape index (κ1) is 13.7. The van der Waals surface area contributed by atoms with Crippen LogP contribution in [-0.2, 0) is 0 Å². The normalized spacial score (nSPS) is 12.0. The SMILES string of the molecule is CCC(C)NC(=S)Nc1ccc(Br)cc1Cl. The third-order valence-electron chi connectivity index (χ3n) is 2.17. The molecule has 0 aliphatic rings. The molecule has 1 atom stereocenters. The number of nitrogens with one attached hydrogen (secondary N) is 2. The van der Waals surface area contributed by atoms with Gasteiger partial charge in [-0.15, -0.1) is 0 Å². The quantitative estimate of drug-likeness (QED) is 0.816. The minimum atomic E-state index is 0.356. The second kappa shape index (κ2) is 6.42. The smallest absolute Gasteiger partial charge is 0.171 e. The van der Waals surface area contributed by atoms with Gasteiger partial charge in [0.2, 0.25) is 0 Å².